The molecule has 1 fully saturated rings. The lowest BCUT2D eigenvalue weighted by Gasteiger charge is -2.26. The molecule has 1 nitrogen and oxygen atoms in total. The van der Waals surface area contributed by atoms with E-state index >= 15 is 0 Å². The second-order valence-corrected chi connectivity index (χ2v) is 6.18. The van der Waals surface area contributed by atoms with Crippen LogP contribution in [0.5, 0.6) is 5.75 Å². The molecule has 0 unspecified atom stereocenters. The molecular formula is C13H15Br2FO. The maximum Gasteiger partial charge on any atom is 0.165 e. The van der Waals surface area contributed by atoms with Gasteiger partial charge in [0.2, 0.25) is 0 Å². The van der Waals surface area contributed by atoms with Crippen molar-refractivity contribution in [3.8, 4) is 5.75 Å². The first-order valence-corrected chi connectivity index (χ1v) is 7.70. The molecule has 0 N–H and O–H groups in total. The van der Waals surface area contributed by atoms with Gasteiger partial charge < -0.3 is 4.74 Å². The van der Waals surface area contributed by atoms with Crippen LogP contribution in [0.4, 0.5) is 4.39 Å². The molecule has 0 spiro atoms. The van der Waals surface area contributed by atoms with E-state index in [9.17, 15) is 4.39 Å². The van der Waals surface area contributed by atoms with Gasteiger partial charge in [-0.25, -0.2) is 4.39 Å². The minimum absolute atomic E-state index is 0.189. The molecule has 1 aliphatic carbocycles. The zero-order chi connectivity index (χ0) is 12.3. The Labute approximate surface area is 118 Å². The maximum atomic E-state index is 13.5. The van der Waals surface area contributed by atoms with Crippen LogP contribution in [0, 0.1) is 11.2 Å². The number of ether oxygens (including phenoxy) is 1. The van der Waals surface area contributed by atoms with Crippen LogP contribution < -0.4 is 4.74 Å². The van der Waals surface area contributed by atoms with E-state index in [1.54, 1.807) is 12.1 Å². The second-order valence-electron chi connectivity index (χ2n) is 4.70. The molecule has 0 heterocycles. The zero-order valence-electron chi connectivity index (χ0n) is 9.52. The molecule has 0 bridgehead atoms. The third kappa shape index (κ3) is 3.22. The Balaban J connectivity index is 2.03. The standard InChI is InChI=1S/C13H15Br2FO/c14-8-13(5-1-2-6-13)9-17-12-7-10(15)3-4-11(12)16/h3-4,7H,1-2,5-6,8-9H2. The third-order valence-corrected chi connectivity index (χ3v) is 5.06. The van der Waals surface area contributed by atoms with Gasteiger partial charge in [-0.05, 0) is 31.0 Å². The van der Waals surface area contributed by atoms with Gasteiger partial charge >= 0.3 is 0 Å². The van der Waals surface area contributed by atoms with Crippen molar-refractivity contribution in [2.45, 2.75) is 25.7 Å². The Bertz CT molecular complexity index is 389. The lowest BCUT2D eigenvalue weighted by atomic mass is 9.90. The van der Waals surface area contributed by atoms with E-state index in [1.807, 2.05) is 0 Å². The fourth-order valence-electron chi connectivity index (χ4n) is 2.26. The number of rotatable bonds is 4. The molecule has 17 heavy (non-hydrogen) atoms. The van der Waals surface area contributed by atoms with Crippen LogP contribution in [0.2, 0.25) is 0 Å². The molecule has 0 amide bonds. The van der Waals surface area contributed by atoms with Crippen molar-refractivity contribution in [1.82, 2.24) is 0 Å². The monoisotopic (exact) mass is 364 g/mol. The van der Waals surface area contributed by atoms with Crippen molar-refractivity contribution in [3.05, 3.63) is 28.5 Å². The smallest absolute Gasteiger partial charge is 0.165 e. The molecule has 1 saturated carbocycles. The van der Waals surface area contributed by atoms with Crippen molar-refractivity contribution in [3.63, 3.8) is 0 Å². The predicted octanol–water partition coefficient (Wildman–Crippen LogP) is 4.92. The first-order valence-electron chi connectivity index (χ1n) is 5.79. The van der Waals surface area contributed by atoms with Gasteiger partial charge in [-0.3, -0.25) is 0 Å². The molecule has 2 rings (SSSR count). The van der Waals surface area contributed by atoms with Gasteiger partial charge in [-0.1, -0.05) is 44.7 Å². The highest BCUT2D eigenvalue weighted by molar-refractivity contribution is 9.10. The summed E-state index contributed by atoms with van der Waals surface area (Å²) in [5, 5.41) is 0.926. The van der Waals surface area contributed by atoms with Crippen molar-refractivity contribution < 1.29 is 9.13 Å². The predicted molar refractivity (Wildman–Crippen MR) is 74.3 cm³/mol. The number of alkyl halides is 1. The van der Waals surface area contributed by atoms with Crippen molar-refractivity contribution in [1.29, 1.82) is 0 Å². The fraction of sp³-hybridized carbons (Fsp3) is 0.538. The molecule has 94 valence electrons. The molecule has 1 aromatic rings. The number of benzene rings is 1. The largest absolute Gasteiger partial charge is 0.490 e. The van der Waals surface area contributed by atoms with Crippen LogP contribution in [0.15, 0.2) is 22.7 Å². The topological polar surface area (TPSA) is 9.23 Å². The highest BCUT2D eigenvalue weighted by Crippen LogP contribution is 2.40. The minimum atomic E-state index is -0.295. The lowest BCUT2D eigenvalue weighted by molar-refractivity contribution is 0.168. The quantitative estimate of drug-likeness (QED) is 0.688. The fourth-order valence-corrected chi connectivity index (χ4v) is 3.32. The van der Waals surface area contributed by atoms with Crippen molar-refractivity contribution in [2.24, 2.45) is 5.41 Å². The Morgan fingerprint density at radius 2 is 2.00 bits per heavy atom. The Morgan fingerprint density at radius 3 is 2.65 bits per heavy atom. The Hall–Kier alpha value is -0.0900. The van der Waals surface area contributed by atoms with Gasteiger partial charge in [0.1, 0.15) is 0 Å². The van der Waals surface area contributed by atoms with Crippen LogP contribution in [-0.4, -0.2) is 11.9 Å². The van der Waals surface area contributed by atoms with Gasteiger partial charge in [0, 0.05) is 15.2 Å². The SMILES string of the molecule is Fc1ccc(Br)cc1OCC1(CBr)CCCC1. The average Bonchev–Trinajstić information content (AvgIpc) is 2.80. The summed E-state index contributed by atoms with van der Waals surface area (Å²) < 4.78 is 20.0. The molecule has 0 saturated heterocycles. The van der Waals surface area contributed by atoms with Crippen LogP contribution >= 0.6 is 31.9 Å². The zero-order valence-corrected chi connectivity index (χ0v) is 12.7. The van der Waals surface area contributed by atoms with Gasteiger partial charge in [0.15, 0.2) is 11.6 Å². The Kier molecular flexibility index (Phi) is 4.47. The molecule has 0 radical (unpaired) electrons. The first-order chi connectivity index (χ1) is 8.15. The molecule has 0 atom stereocenters. The first kappa shape index (κ1) is 13.3. The highest BCUT2D eigenvalue weighted by atomic mass is 79.9. The van der Waals surface area contributed by atoms with E-state index in [-0.39, 0.29) is 11.2 Å². The van der Waals surface area contributed by atoms with Crippen molar-refractivity contribution in [2.75, 3.05) is 11.9 Å². The second kappa shape index (κ2) is 5.70. The van der Waals surface area contributed by atoms with Crippen LogP contribution in [0.3, 0.4) is 0 Å². The van der Waals surface area contributed by atoms with E-state index in [2.05, 4.69) is 31.9 Å². The van der Waals surface area contributed by atoms with Crippen LogP contribution in [0.25, 0.3) is 0 Å². The average molecular weight is 366 g/mol. The normalized spacial score (nSPS) is 18.3. The summed E-state index contributed by atoms with van der Waals surface area (Å²) in [6.07, 6.45) is 4.81. The molecule has 0 aliphatic heterocycles. The number of halogens is 3. The summed E-state index contributed by atoms with van der Waals surface area (Å²) >= 11 is 6.88. The summed E-state index contributed by atoms with van der Waals surface area (Å²) in [7, 11) is 0. The summed E-state index contributed by atoms with van der Waals surface area (Å²) in [6.45, 7) is 0.589. The molecule has 1 aromatic carbocycles. The van der Waals surface area contributed by atoms with Gasteiger partial charge in [0.05, 0.1) is 6.61 Å². The molecule has 4 heteroatoms. The van der Waals surface area contributed by atoms with Gasteiger partial charge in [-0.15, -0.1) is 0 Å². The van der Waals surface area contributed by atoms with E-state index < -0.39 is 0 Å². The summed E-state index contributed by atoms with van der Waals surface area (Å²) in [6, 6.07) is 4.79. The molecular weight excluding hydrogens is 351 g/mol. The van der Waals surface area contributed by atoms with E-state index in [0.29, 0.717) is 12.4 Å². The summed E-state index contributed by atoms with van der Waals surface area (Å²) in [4.78, 5) is 0. The molecule has 1 aliphatic rings. The lowest BCUT2D eigenvalue weighted by Crippen LogP contribution is -2.27. The molecule has 0 aromatic heterocycles. The van der Waals surface area contributed by atoms with Gasteiger partial charge in [-0.2, -0.15) is 0 Å². The summed E-state index contributed by atoms with van der Waals surface area (Å²) in [5.74, 6) is 0.0440. The highest BCUT2D eigenvalue weighted by Gasteiger charge is 2.33. The summed E-state index contributed by atoms with van der Waals surface area (Å²) in [5.41, 5.74) is 0.189. The third-order valence-electron chi connectivity index (χ3n) is 3.37. The van der Waals surface area contributed by atoms with E-state index in [0.717, 1.165) is 22.6 Å². The van der Waals surface area contributed by atoms with Crippen molar-refractivity contribution >= 4 is 31.9 Å². The maximum absolute atomic E-state index is 13.5. The van der Waals surface area contributed by atoms with E-state index in [1.165, 1.54) is 18.9 Å². The minimum Gasteiger partial charge on any atom is -0.490 e. The number of hydrogen-bond donors (Lipinski definition) is 0. The number of hydrogen-bond acceptors (Lipinski definition) is 1. The van der Waals surface area contributed by atoms with Crippen LogP contribution in [0.1, 0.15) is 25.7 Å². The van der Waals surface area contributed by atoms with Gasteiger partial charge in [0.25, 0.3) is 0 Å². The Morgan fingerprint density at radius 1 is 1.29 bits per heavy atom. The van der Waals surface area contributed by atoms with E-state index in [4.69, 9.17) is 4.74 Å². The van der Waals surface area contributed by atoms with Crippen LogP contribution in [-0.2, 0) is 0 Å².